The molecule has 1 amide bonds. The van der Waals surface area contributed by atoms with Gasteiger partial charge in [0.25, 0.3) is 5.91 Å². The SMILES string of the molecule is CC(C)c1ccc(Oc2ccc3cc(C(=O)NC(CC(=O)O)c4ccc(C(F)(F)F)cc4)nc(CC4CCCC4)c3c2)cc1. The fourth-order valence-electron chi connectivity index (χ4n) is 5.74. The molecule has 5 rings (SSSR count). The molecular formula is C35H35F3N2O4. The molecule has 0 bridgehead atoms. The summed E-state index contributed by atoms with van der Waals surface area (Å²) >= 11 is 0. The summed E-state index contributed by atoms with van der Waals surface area (Å²) in [5.41, 5.74) is 1.48. The average Bonchev–Trinajstić information content (AvgIpc) is 3.50. The molecule has 6 nitrogen and oxygen atoms in total. The number of halogens is 3. The lowest BCUT2D eigenvalue weighted by molar-refractivity contribution is -0.138. The average molecular weight is 605 g/mol. The van der Waals surface area contributed by atoms with Crippen LogP contribution < -0.4 is 10.1 Å². The van der Waals surface area contributed by atoms with Crippen LogP contribution in [-0.4, -0.2) is 22.0 Å². The summed E-state index contributed by atoms with van der Waals surface area (Å²) < 4.78 is 45.4. The van der Waals surface area contributed by atoms with Crippen molar-refractivity contribution < 1.29 is 32.6 Å². The Hall–Kier alpha value is -4.40. The second kappa shape index (κ2) is 13.1. The topological polar surface area (TPSA) is 88.5 Å². The zero-order valence-corrected chi connectivity index (χ0v) is 24.7. The number of hydrogen-bond donors (Lipinski definition) is 2. The summed E-state index contributed by atoms with van der Waals surface area (Å²) in [5, 5.41) is 13.8. The van der Waals surface area contributed by atoms with Crippen molar-refractivity contribution in [1.82, 2.24) is 10.3 Å². The Morgan fingerprint density at radius 2 is 1.57 bits per heavy atom. The number of fused-ring (bicyclic) bond motifs is 1. The molecule has 1 unspecified atom stereocenters. The number of rotatable bonds is 10. The lowest BCUT2D eigenvalue weighted by Gasteiger charge is -2.19. The van der Waals surface area contributed by atoms with E-state index in [0.29, 0.717) is 29.8 Å². The van der Waals surface area contributed by atoms with Crippen molar-refractivity contribution >= 4 is 22.6 Å². The Labute approximate surface area is 254 Å². The lowest BCUT2D eigenvalue weighted by atomic mass is 9.97. The number of carbonyl (C=O) groups excluding carboxylic acids is 1. The number of nitrogens with zero attached hydrogens (tertiary/aromatic N) is 1. The highest BCUT2D eigenvalue weighted by molar-refractivity contribution is 5.98. The van der Waals surface area contributed by atoms with Crippen LogP contribution in [0, 0.1) is 5.92 Å². The smallest absolute Gasteiger partial charge is 0.416 e. The van der Waals surface area contributed by atoms with E-state index in [-0.39, 0.29) is 11.3 Å². The normalized spacial score (nSPS) is 14.6. The summed E-state index contributed by atoms with van der Waals surface area (Å²) in [4.78, 5) is 29.8. The third-order valence-corrected chi connectivity index (χ3v) is 8.18. The second-order valence-electron chi connectivity index (χ2n) is 11.8. The lowest BCUT2D eigenvalue weighted by Crippen LogP contribution is -2.31. The first-order valence-corrected chi connectivity index (χ1v) is 14.9. The van der Waals surface area contributed by atoms with Gasteiger partial charge in [0.1, 0.15) is 17.2 Å². The van der Waals surface area contributed by atoms with Crippen LogP contribution in [0.5, 0.6) is 11.5 Å². The van der Waals surface area contributed by atoms with Crippen LogP contribution in [0.1, 0.15) is 90.8 Å². The van der Waals surface area contributed by atoms with Crippen molar-refractivity contribution in [3.63, 3.8) is 0 Å². The molecule has 1 heterocycles. The summed E-state index contributed by atoms with van der Waals surface area (Å²) in [7, 11) is 0. The Morgan fingerprint density at radius 1 is 0.932 bits per heavy atom. The zero-order chi connectivity index (χ0) is 31.4. The van der Waals surface area contributed by atoms with E-state index < -0.39 is 36.1 Å². The number of aliphatic carboxylic acids is 1. The number of carboxylic acid groups (broad SMARTS) is 1. The minimum absolute atomic E-state index is 0.116. The number of amides is 1. The molecule has 230 valence electrons. The fourth-order valence-corrected chi connectivity index (χ4v) is 5.74. The van der Waals surface area contributed by atoms with Gasteiger partial charge in [-0.15, -0.1) is 0 Å². The standard InChI is InChI=1S/C35H35F3N2O4/c1-21(2)23-9-14-27(15-10-23)44-28-16-11-25-18-32(39-31(29(25)19-28)17-22-5-3-4-6-22)34(43)40-30(20-33(41)42)24-7-12-26(13-8-24)35(36,37)38/h7-16,18-19,21-22,30H,3-6,17,20H2,1-2H3,(H,40,43)(H,41,42). The van der Waals surface area contributed by atoms with Gasteiger partial charge >= 0.3 is 12.1 Å². The van der Waals surface area contributed by atoms with Gasteiger partial charge in [-0.05, 0) is 77.2 Å². The number of ether oxygens (including phenoxy) is 1. The number of carbonyl (C=O) groups is 2. The van der Waals surface area contributed by atoms with Gasteiger partial charge in [0.2, 0.25) is 0 Å². The van der Waals surface area contributed by atoms with Crippen LogP contribution in [0.15, 0.2) is 72.8 Å². The van der Waals surface area contributed by atoms with Gasteiger partial charge in [0.05, 0.1) is 18.0 Å². The molecule has 44 heavy (non-hydrogen) atoms. The fraction of sp³-hybridized carbons (Fsp3) is 0.343. The quantitative estimate of drug-likeness (QED) is 0.189. The molecule has 1 atom stereocenters. The predicted molar refractivity (Wildman–Crippen MR) is 162 cm³/mol. The Morgan fingerprint density at radius 3 is 2.18 bits per heavy atom. The number of carboxylic acids is 1. The van der Waals surface area contributed by atoms with Gasteiger partial charge in [0, 0.05) is 11.1 Å². The van der Waals surface area contributed by atoms with Crippen LogP contribution >= 0.6 is 0 Å². The van der Waals surface area contributed by atoms with Gasteiger partial charge in [-0.3, -0.25) is 9.59 Å². The number of nitrogens with one attached hydrogen (secondary N) is 1. The molecule has 4 aromatic rings. The van der Waals surface area contributed by atoms with Crippen molar-refractivity contribution in [3.8, 4) is 11.5 Å². The highest BCUT2D eigenvalue weighted by Gasteiger charge is 2.31. The number of aromatic nitrogens is 1. The largest absolute Gasteiger partial charge is 0.481 e. The van der Waals surface area contributed by atoms with E-state index in [1.807, 2.05) is 42.5 Å². The van der Waals surface area contributed by atoms with Gasteiger partial charge in [-0.25, -0.2) is 4.98 Å². The van der Waals surface area contributed by atoms with Crippen molar-refractivity contribution in [1.29, 1.82) is 0 Å². The molecular weight excluding hydrogens is 569 g/mol. The Balaban J connectivity index is 1.44. The number of pyridine rings is 1. The first kappa shape index (κ1) is 31.0. The van der Waals surface area contributed by atoms with Gasteiger partial charge < -0.3 is 15.2 Å². The van der Waals surface area contributed by atoms with Crippen molar-refractivity contribution in [2.75, 3.05) is 0 Å². The highest BCUT2D eigenvalue weighted by atomic mass is 19.4. The third-order valence-electron chi connectivity index (χ3n) is 8.18. The van der Waals surface area contributed by atoms with Crippen LogP contribution in [-0.2, 0) is 17.4 Å². The molecule has 2 N–H and O–H groups in total. The van der Waals surface area contributed by atoms with Crippen LogP contribution in [0.4, 0.5) is 13.2 Å². The molecule has 0 radical (unpaired) electrons. The van der Waals surface area contributed by atoms with Crippen molar-refractivity contribution in [3.05, 3.63) is 101 Å². The molecule has 0 aliphatic heterocycles. The van der Waals surface area contributed by atoms with E-state index >= 15 is 0 Å². The summed E-state index contributed by atoms with van der Waals surface area (Å²) in [6.07, 6.45) is 0.0956. The predicted octanol–water partition coefficient (Wildman–Crippen LogP) is 8.85. The summed E-state index contributed by atoms with van der Waals surface area (Å²) in [6, 6.07) is 18.3. The first-order chi connectivity index (χ1) is 21.0. The second-order valence-corrected chi connectivity index (χ2v) is 11.8. The third kappa shape index (κ3) is 7.56. The highest BCUT2D eigenvalue weighted by Crippen LogP contribution is 2.34. The van der Waals surface area contributed by atoms with E-state index in [2.05, 4.69) is 19.2 Å². The van der Waals surface area contributed by atoms with Gasteiger partial charge in [-0.2, -0.15) is 13.2 Å². The van der Waals surface area contributed by atoms with Gasteiger partial charge in [-0.1, -0.05) is 69.9 Å². The summed E-state index contributed by atoms with van der Waals surface area (Å²) in [5.74, 6) is 0.401. The molecule has 0 spiro atoms. The van der Waals surface area contributed by atoms with E-state index in [1.54, 1.807) is 6.07 Å². The maximum atomic E-state index is 13.5. The monoisotopic (exact) mass is 604 g/mol. The van der Waals surface area contributed by atoms with Crippen molar-refractivity contribution in [2.24, 2.45) is 5.92 Å². The van der Waals surface area contributed by atoms with Crippen LogP contribution in [0.3, 0.4) is 0 Å². The minimum Gasteiger partial charge on any atom is -0.481 e. The van der Waals surface area contributed by atoms with Crippen molar-refractivity contribution in [2.45, 2.75) is 70.5 Å². The Kier molecular flexibility index (Phi) is 9.22. The number of hydrogen-bond acceptors (Lipinski definition) is 4. The molecule has 1 saturated carbocycles. The maximum Gasteiger partial charge on any atom is 0.416 e. The van der Waals surface area contributed by atoms with Crippen LogP contribution in [0.2, 0.25) is 0 Å². The Bertz CT molecular complexity index is 1630. The first-order valence-electron chi connectivity index (χ1n) is 14.9. The van der Waals surface area contributed by atoms with Gasteiger partial charge in [0.15, 0.2) is 0 Å². The van der Waals surface area contributed by atoms with Crippen LogP contribution in [0.25, 0.3) is 10.8 Å². The molecule has 1 aliphatic carbocycles. The van der Waals surface area contributed by atoms with E-state index in [1.165, 1.54) is 17.7 Å². The van der Waals surface area contributed by atoms with E-state index in [9.17, 15) is 27.9 Å². The molecule has 1 fully saturated rings. The maximum absolute atomic E-state index is 13.5. The minimum atomic E-state index is -4.53. The summed E-state index contributed by atoms with van der Waals surface area (Å²) in [6.45, 7) is 4.27. The van der Waals surface area contributed by atoms with E-state index in [0.717, 1.165) is 54.3 Å². The zero-order valence-electron chi connectivity index (χ0n) is 24.7. The number of benzene rings is 3. The van der Waals surface area contributed by atoms with E-state index in [4.69, 9.17) is 9.72 Å². The molecule has 9 heteroatoms. The molecule has 3 aromatic carbocycles. The number of alkyl halides is 3. The molecule has 1 aliphatic rings. The molecule has 1 aromatic heterocycles. The molecule has 0 saturated heterocycles.